The molecule has 0 unspecified atom stereocenters. The summed E-state index contributed by atoms with van der Waals surface area (Å²) in [4.78, 5) is 10.9. The van der Waals surface area contributed by atoms with Crippen LogP contribution in [0.3, 0.4) is 0 Å². The molecule has 98 valence electrons. The van der Waals surface area contributed by atoms with Crippen LogP contribution in [0.1, 0.15) is 15.9 Å². The molecule has 0 aliphatic heterocycles. The molecule has 0 bridgehead atoms. The predicted molar refractivity (Wildman–Crippen MR) is 77.2 cm³/mol. The van der Waals surface area contributed by atoms with Gasteiger partial charge in [0.1, 0.15) is 0 Å². The van der Waals surface area contributed by atoms with Gasteiger partial charge in [-0.3, -0.25) is 0 Å². The zero-order valence-electron chi connectivity index (χ0n) is 9.86. The van der Waals surface area contributed by atoms with E-state index >= 15 is 0 Å². The van der Waals surface area contributed by atoms with Crippen molar-refractivity contribution in [3.63, 3.8) is 0 Å². The van der Waals surface area contributed by atoms with Gasteiger partial charge >= 0.3 is 5.97 Å². The topological polar surface area (TPSA) is 49.3 Å². The Kier molecular flexibility index (Phi) is 4.30. The van der Waals surface area contributed by atoms with Crippen molar-refractivity contribution in [2.24, 2.45) is 0 Å². The van der Waals surface area contributed by atoms with Crippen molar-refractivity contribution < 1.29 is 9.90 Å². The molecule has 0 atom stereocenters. The lowest BCUT2D eigenvalue weighted by Gasteiger charge is -2.09. The fourth-order valence-electron chi connectivity index (χ4n) is 1.64. The highest BCUT2D eigenvalue weighted by atomic mass is 35.5. The van der Waals surface area contributed by atoms with E-state index in [0.29, 0.717) is 16.6 Å². The van der Waals surface area contributed by atoms with Crippen LogP contribution in [-0.4, -0.2) is 11.1 Å². The third-order valence-electron chi connectivity index (χ3n) is 2.59. The highest BCUT2D eigenvalue weighted by Crippen LogP contribution is 2.25. The fraction of sp³-hybridized carbons (Fsp3) is 0.0714. The van der Waals surface area contributed by atoms with Crippen molar-refractivity contribution in [1.82, 2.24) is 0 Å². The van der Waals surface area contributed by atoms with Crippen LogP contribution in [0.15, 0.2) is 42.5 Å². The second kappa shape index (κ2) is 5.95. The first-order valence-corrected chi connectivity index (χ1v) is 6.33. The number of nitrogens with one attached hydrogen (secondary N) is 1. The summed E-state index contributed by atoms with van der Waals surface area (Å²) in [5.41, 5.74) is 1.84. The molecule has 3 nitrogen and oxygen atoms in total. The van der Waals surface area contributed by atoms with Gasteiger partial charge < -0.3 is 10.4 Å². The van der Waals surface area contributed by atoms with E-state index in [1.165, 1.54) is 0 Å². The molecule has 0 heterocycles. The van der Waals surface area contributed by atoms with Gasteiger partial charge in [0.05, 0.1) is 16.3 Å². The lowest BCUT2D eigenvalue weighted by molar-refractivity contribution is 0.0697. The van der Waals surface area contributed by atoms with Gasteiger partial charge in [-0.1, -0.05) is 35.3 Å². The van der Waals surface area contributed by atoms with Crippen LogP contribution in [-0.2, 0) is 6.54 Å². The average molecular weight is 296 g/mol. The molecule has 0 amide bonds. The number of carbonyl (C=O) groups is 1. The van der Waals surface area contributed by atoms with Crippen LogP contribution >= 0.6 is 23.2 Å². The maximum Gasteiger partial charge on any atom is 0.335 e. The maximum absolute atomic E-state index is 10.9. The molecule has 2 aromatic rings. The SMILES string of the molecule is O=C(O)c1cccc(CNc2cc(Cl)ccc2Cl)c1. The quantitative estimate of drug-likeness (QED) is 0.884. The van der Waals surface area contributed by atoms with Crippen molar-refractivity contribution in [3.8, 4) is 0 Å². The molecule has 0 aliphatic carbocycles. The van der Waals surface area contributed by atoms with Gasteiger partial charge in [0, 0.05) is 11.6 Å². The molecular formula is C14H11Cl2NO2. The van der Waals surface area contributed by atoms with E-state index in [0.717, 1.165) is 11.3 Å². The summed E-state index contributed by atoms with van der Waals surface area (Å²) in [6.45, 7) is 0.473. The van der Waals surface area contributed by atoms with E-state index in [-0.39, 0.29) is 5.56 Å². The molecule has 0 aliphatic rings. The van der Waals surface area contributed by atoms with E-state index in [2.05, 4.69) is 5.32 Å². The summed E-state index contributed by atoms with van der Waals surface area (Å²) in [5, 5.41) is 13.2. The Morgan fingerprint density at radius 3 is 2.68 bits per heavy atom. The molecular weight excluding hydrogens is 285 g/mol. The zero-order valence-corrected chi connectivity index (χ0v) is 11.4. The average Bonchev–Trinajstić information content (AvgIpc) is 2.40. The summed E-state index contributed by atoms with van der Waals surface area (Å²) in [5.74, 6) is -0.942. The molecule has 0 aromatic heterocycles. The van der Waals surface area contributed by atoms with Gasteiger partial charge in [0.25, 0.3) is 0 Å². The first-order chi connectivity index (χ1) is 9.06. The minimum atomic E-state index is -0.942. The summed E-state index contributed by atoms with van der Waals surface area (Å²) in [7, 11) is 0. The smallest absolute Gasteiger partial charge is 0.335 e. The number of aromatic carboxylic acids is 1. The fourth-order valence-corrected chi connectivity index (χ4v) is 2.00. The Balaban J connectivity index is 2.12. The number of anilines is 1. The van der Waals surface area contributed by atoms with E-state index in [1.807, 2.05) is 6.07 Å². The van der Waals surface area contributed by atoms with Gasteiger partial charge in [-0.25, -0.2) is 4.79 Å². The van der Waals surface area contributed by atoms with Gasteiger partial charge in [-0.15, -0.1) is 0 Å². The Labute approximate surface area is 120 Å². The van der Waals surface area contributed by atoms with Crippen LogP contribution in [0.4, 0.5) is 5.69 Å². The van der Waals surface area contributed by atoms with E-state index in [1.54, 1.807) is 36.4 Å². The van der Waals surface area contributed by atoms with Crippen LogP contribution < -0.4 is 5.32 Å². The minimum absolute atomic E-state index is 0.261. The van der Waals surface area contributed by atoms with Gasteiger partial charge in [-0.2, -0.15) is 0 Å². The molecule has 0 fully saturated rings. The second-order valence-electron chi connectivity index (χ2n) is 3.98. The lowest BCUT2D eigenvalue weighted by Crippen LogP contribution is -2.02. The first kappa shape index (κ1) is 13.7. The number of halogens is 2. The van der Waals surface area contributed by atoms with Crippen molar-refractivity contribution in [2.45, 2.75) is 6.54 Å². The Morgan fingerprint density at radius 2 is 1.95 bits per heavy atom. The molecule has 2 N–H and O–H groups in total. The van der Waals surface area contributed by atoms with Crippen LogP contribution in [0.5, 0.6) is 0 Å². The molecule has 19 heavy (non-hydrogen) atoms. The van der Waals surface area contributed by atoms with Gasteiger partial charge in [0.2, 0.25) is 0 Å². The molecule has 2 rings (SSSR count). The van der Waals surface area contributed by atoms with Crippen molar-refractivity contribution >= 4 is 34.9 Å². The molecule has 5 heteroatoms. The zero-order chi connectivity index (χ0) is 13.8. The summed E-state index contributed by atoms with van der Waals surface area (Å²) < 4.78 is 0. The normalized spacial score (nSPS) is 10.2. The number of hydrogen-bond donors (Lipinski definition) is 2. The Bertz CT molecular complexity index is 614. The molecule has 0 saturated heterocycles. The lowest BCUT2D eigenvalue weighted by atomic mass is 10.1. The number of carboxylic acids is 1. The summed E-state index contributed by atoms with van der Waals surface area (Å²) in [6, 6.07) is 11.9. The second-order valence-corrected chi connectivity index (χ2v) is 4.83. The number of carboxylic acid groups (broad SMARTS) is 1. The molecule has 0 spiro atoms. The van der Waals surface area contributed by atoms with E-state index < -0.39 is 5.97 Å². The third kappa shape index (κ3) is 3.63. The highest BCUT2D eigenvalue weighted by molar-refractivity contribution is 6.35. The first-order valence-electron chi connectivity index (χ1n) is 5.57. The monoisotopic (exact) mass is 295 g/mol. The Hall–Kier alpha value is -1.71. The molecule has 2 aromatic carbocycles. The number of rotatable bonds is 4. The van der Waals surface area contributed by atoms with Crippen LogP contribution in [0.25, 0.3) is 0 Å². The van der Waals surface area contributed by atoms with Crippen LogP contribution in [0, 0.1) is 0 Å². The van der Waals surface area contributed by atoms with Crippen molar-refractivity contribution in [2.75, 3.05) is 5.32 Å². The van der Waals surface area contributed by atoms with Gasteiger partial charge in [0.15, 0.2) is 0 Å². The highest BCUT2D eigenvalue weighted by Gasteiger charge is 2.04. The molecule has 0 radical (unpaired) electrons. The maximum atomic E-state index is 10.9. The minimum Gasteiger partial charge on any atom is -0.478 e. The third-order valence-corrected chi connectivity index (χ3v) is 3.15. The van der Waals surface area contributed by atoms with Crippen molar-refractivity contribution in [3.05, 3.63) is 63.6 Å². The van der Waals surface area contributed by atoms with Crippen molar-refractivity contribution in [1.29, 1.82) is 0 Å². The van der Waals surface area contributed by atoms with E-state index in [9.17, 15) is 4.79 Å². The molecule has 0 saturated carbocycles. The Morgan fingerprint density at radius 1 is 1.16 bits per heavy atom. The predicted octanol–water partition coefficient (Wildman–Crippen LogP) is 4.30. The summed E-state index contributed by atoms with van der Waals surface area (Å²) in [6.07, 6.45) is 0. The summed E-state index contributed by atoms with van der Waals surface area (Å²) >= 11 is 11.9. The van der Waals surface area contributed by atoms with E-state index in [4.69, 9.17) is 28.3 Å². The van der Waals surface area contributed by atoms with Crippen LogP contribution in [0.2, 0.25) is 10.0 Å². The number of hydrogen-bond acceptors (Lipinski definition) is 2. The number of benzene rings is 2. The largest absolute Gasteiger partial charge is 0.478 e. The standard InChI is InChI=1S/C14H11Cl2NO2/c15-11-4-5-12(16)13(7-11)17-8-9-2-1-3-10(6-9)14(18)19/h1-7,17H,8H2,(H,18,19). The van der Waals surface area contributed by atoms with Gasteiger partial charge in [-0.05, 0) is 35.9 Å².